The van der Waals surface area contributed by atoms with E-state index in [4.69, 9.17) is 4.98 Å². The van der Waals surface area contributed by atoms with Gasteiger partial charge in [0.25, 0.3) is 5.91 Å². The summed E-state index contributed by atoms with van der Waals surface area (Å²) in [6, 6.07) is 27.8. The van der Waals surface area contributed by atoms with Gasteiger partial charge in [0.15, 0.2) is 5.13 Å². The molecule has 0 aliphatic heterocycles. The summed E-state index contributed by atoms with van der Waals surface area (Å²) in [5.41, 5.74) is 5.61. The van der Waals surface area contributed by atoms with Crippen LogP contribution in [0.25, 0.3) is 22.9 Å². The number of hydrogen-bond acceptors (Lipinski definition) is 3. The average molecular weight is 411 g/mol. The van der Waals surface area contributed by atoms with Crippen LogP contribution in [0.4, 0.5) is 5.13 Å². The van der Waals surface area contributed by atoms with E-state index in [2.05, 4.69) is 36.5 Å². The van der Waals surface area contributed by atoms with Crippen molar-refractivity contribution in [2.24, 2.45) is 0 Å². The lowest BCUT2D eigenvalue weighted by Crippen LogP contribution is -2.13. The largest absolute Gasteiger partial charge is 0.298 e. The zero-order valence-electron chi connectivity index (χ0n) is 16.9. The van der Waals surface area contributed by atoms with Crippen molar-refractivity contribution in [1.29, 1.82) is 0 Å². The Bertz CT molecular complexity index is 1180. The van der Waals surface area contributed by atoms with Gasteiger partial charge in [0.05, 0.1) is 5.69 Å². The number of hydrogen-bond donors (Lipinski definition) is 1. The Morgan fingerprint density at radius 2 is 1.50 bits per heavy atom. The molecule has 4 heteroatoms. The van der Waals surface area contributed by atoms with Crippen LogP contribution in [0.5, 0.6) is 0 Å². The fraction of sp³-hybridized carbons (Fsp3) is 0.0769. The Morgan fingerprint density at radius 3 is 2.17 bits per heavy atom. The number of carbonyl (C=O) groups excluding carboxylic acids is 1. The highest BCUT2D eigenvalue weighted by Gasteiger charge is 2.16. The van der Waals surface area contributed by atoms with Crippen LogP contribution in [0.1, 0.15) is 21.6 Å². The third kappa shape index (κ3) is 4.56. The van der Waals surface area contributed by atoms with Crippen molar-refractivity contribution in [3.8, 4) is 11.3 Å². The first kappa shape index (κ1) is 19.8. The number of nitrogens with one attached hydrogen (secondary N) is 1. The number of carbonyl (C=O) groups is 1. The maximum absolute atomic E-state index is 13.2. The standard InChI is InChI=1S/C26H22N2OS/c1-18-13-15-22(16-14-18)24-19(2)30-26(27-24)28-25(29)23(21-11-7-4-8-12-21)17-20-9-5-3-6-10-20/h3-17H,1-2H3,(H,27,28,29)/b23-17+. The second-order valence-electron chi connectivity index (χ2n) is 7.08. The van der Waals surface area contributed by atoms with Crippen molar-refractivity contribution in [3.05, 3.63) is 106 Å². The van der Waals surface area contributed by atoms with Gasteiger partial charge >= 0.3 is 0 Å². The molecule has 0 bridgehead atoms. The lowest BCUT2D eigenvalue weighted by atomic mass is 10.0. The summed E-state index contributed by atoms with van der Waals surface area (Å²) in [5.74, 6) is -0.172. The van der Waals surface area contributed by atoms with Gasteiger partial charge in [-0.3, -0.25) is 10.1 Å². The number of nitrogens with zero attached hydrogens (tertiary/aromatic N) is 1. The van der Waals surface area contributed by atoms with Gasteiger partial charge in [-0.2, -0.15) is 0 Å². The van der Waals surface area contributed by atoms with Crippen molar-refractivity contribution in [1.82, 2.24) is 4.98 Å². The van der Waals surface area contributed by atoms with Crippen LogP contribution < -0.4 is 5.32 Å². The Balaban J connectivity index is 1.64. The molecule has 1 heterocycles. The molecule has 0 saturated carbocycles. The van der Waals surface area contributed by atoms with Crippen molar-refractivity contribution < 1.29 is 4.79 Å². The van der Waals surface area contributed by atoms with Gasteiger partial charge in [0.1, 0.15) is 0 Å². The molecule has 1 N–H and O–H groups in total. The van der Waals surface area contributed by atoms with Crippen LogP contribution in [-0.4, -0.2) is 10.9 Å². The van der Waals surface area contributed by atoms with Gasteiger partial charge in [-0.25, -0.2) is 4.98 Å². The minimum atomic E-state index is -0.172. The van der Waals surface area contributed by atoms with E-state index in [9.17, 15) is 4.79 Å². The molecule has 1 aromatic heterocycles. The summed E-state index contributed by atoms with van der Waals surface area (Å²) in [7, 11) is 0. The molecule has 30 heavy (non-hydrogen) atoms. The van der Waals surface area contributed by atoms with Crippen molar-refractivity contribution in [2.45, 2.75) is 13.8 Å². The monoisotopic (exact) mass is 410 g/mol. The molecule has 0 aliphatic rings. The van der Waals surface area contributed by atoms with Crippen molar-refractivity contribution in [2.75, 3.05) is 5.32 Å². The molecule has 0 spiro atoms. The zero-order chi connectivity index (χ0) is 20.9. The molecule has 0 unspecified atom stereocenters. The van der Waals surface area contributed by atoms with Crippen LogP contribution in [0, 0.1) is 13.8 Å². The van der Waals surface area contributed by atoms with E-state index in [1.54, 1.807) is 0 Å². The summed E-state index contributed by atoms with van der Waals surface area (Å²) in [6.45, 7) is 4.09. The third-order valence-electron chi connectivity index (χ3n) is 4.78. The Hall–Kier alpha value is -3.50. The topological polar surface area (TPSA) is 42.0 Å². The highest BCUT2D eigenvalue weighted by Crippen LogP contribution is 2.31. The molecule has 4 aromatic rings. The number of benzene rings is 3. The van der Waals surface area contributed by atoms with Crippen LogP contribution in [0.2, 0.25) is 0 Å². The second kappa shape index (κ2) is 8.89. The molecule has 148 valence electrons. The predicted molar refractivity (Wildman–Crippen MR) is 126 cm³/mol. The third-order valence-corrected chi connectivity index (χ3v) is 5.67. The van der Waals surface area contributed by atoms with E-state index in [-0.39, 0.29) is 5.91 Å². The van der Waals surface area contributed by atoms with Gasteiger partial charge in [0.2, 0.25) is 0 Å². The van der Waals surface area contributed by atoms with Crippen LogP contribution >= 0.6 is 11.3 Å². The first-order chi connectivity index (χ1) is 14.6. The Labute approximate surface area is 180 Å². The molecule has 0 radical (unpaired) electrons. The fourth-order valence-electron chi connectivity index (χ4n) is 3.21. The predicted octanol–water partition coefficient (Wildman–Crippen LogP) is 6.61. The Morgan fingerprint density at radius 1 is 0.867 bits per heavy atom. The number of thiazole rings is 1. The molecular weight excluding hydrogens is 388 g/mol. The van der Waals surface area contributed by atoms with Crippen LogP contribution in [0.15, 0.2) is 84.9 Å². The molecule has 0 fully saturated rings. The number of rotatable bonds is 5. The van der Waals surface area contributed by atoms with Gasteiger partial charge in [-0.15, -0.1) is 11.3 Å². The lowest BCUT2D eigenvalue weighted by Gasteiger charge is -2.08. The first-order valence-electron chi connectivity index (χ1n) is 9.78. The summed E-state index contributed by atoms with van der Waals surface area (Å²) in [5, 5.41) is 3.60. The quantitative estimate of drug-likeness (QED) is 0.297. The number of aromatic nitrogens is 1. The van der Waals surface area contributed by atoms with E-state index in [1.165, 1.54) is 16.9 Å². The molecule has 3 aromatic carbocycles. The molecule has 0 atom stereocenters. The Kier molecular flexibility index (Phi) is 5.87. The van der Waals surface area contributed by atoms with Gasteiger partial charge in [-0.05, 0) is 31.1 Å². The summed E-state index contributed by atoms with van der Waals surface area (Å²) >= 11 is 1.49. The van der Waals surface area contributed by atoms with E-state index < -0.39 is 0 Å². The van der Waals surface area contributed by atoms with Crippen LogP contribution in [-0.2, 0) is 4.79 Å². The normalized spacial score (nSPS) is 11.3. The SMILES string of the molecule is Cc1ccc(-c2nc(NC(=O)/C(=C/c3ccccc3)c3ccccc3)sc2C)cc1. The van der Waals surface area contributed by atoms with Crippen molar-refractivity contribution >= 4 is 34.0 Å². The van der Waals surface area contributed by atoms with E-state index in [0.29, 0.717) is 10.7 Å². The smallest absolute Gasteiger partial charge is 0.258 e. The highest BCUT2D eigenvalue weighted by atomic mass is 32.1. The summed E-state index contributed by atoms with van der Waals surface area (Å²) in [6.07, 6.45) is 1.91. The average Bonchev–Trinajstić information content (AvgIpc) is 3.13. The maximum atomic E-state index is 13.2. The molecule has 4 rings (SSSR count). The number of anilines is 1. The molecule has 3 nitrogen and oxygen atoms in total. The lowest BCUT2D eigenvalue weighted by molar-refractivity contribution is -0.111. The molecule has 0 saturated heterocycles. The van der Waals surface area contributed by atoms with E-state index in [1.807, 2.05) is 73.7 Å². The highest BCUT2D eigenvalue weighted by molar-refractivity contribution is 7.16. The van der Waals surface area contributed by atoms with Gasteiger partial charge in [0, 0.05) is 16.0 Å². The summed E-state index contributed by atoms with van der Waals surface area (Å²) < 4.78 is 0. The van der Waals surface area contributed by atoms with Crippen molar-refractivity contribution in [3.63, 3.8) is 0 Å². The minimum Gasteiger partial charge on any atom is -0.298 e. The maximum Gasteiger partial charge on any atom is 0.258 e. The first-order valence-corrected chi connectivity index (χ1v) is 10.6. The minimum absolute atomic E-state index is 0.172. The van der Waals surface area contributed by atoms with Gasteiger partial charge in [-0.1, -0.05) is 90.5 Å². The molecule has 0 aliphatic carbocycles. The zero-order valence-corrected chi connectivity index (χ0v) is 17.7. The molecular formula is C26H22N2OS. The van der Waals surface area contributed by atoms with E-state index in [0.717, 1.165) is 27.3 Å². The van der Waals surface area contributed by atoms with Crippen LogP contribution in [0.3, 0.4) is 0 Å². The van der Waals surface area contributed by atoms with Gasteiger partial charge < -0.3 is 0 Å². The summed E-state index contributed by atoms with van der Waals surface area (Å²) in [4.78, 5) is 19.0. The number of aryl methyl sites for hydroxylation is 2. The van der Waals surface area contributed by atoms with E-state index >= 15 is 0 Å². The number of amides is 1. The fourth-order valence-corrected chi connectivity index (χ4v) is 4.04. The molecule has 1 amide bonds. The second-order valence-corrected chi connectivity index (χ2v) is 8.28.